The molecule has 2 aromatic carbocycles. The second-order valence-corrected chi connectivity index (χ2v) is 9.18. The Morgan fingerprint density at radius 1 is 0.969 bits per heavy atom. The molecule has 0 saturated heterocycles. The Kier molecular flexibility index (Phi) is 5.65. The summed E-state index contributed by atoms with van der Waals surface area (Å²) >= 11 is 7.58. The molecular formula is C23H17ClF4N2OS. The van der Waals surface area contributed by atoms with Crippen LogP contribution in [0.15, 0.2) is 60.7 Å². The van der Waals surface area contributed by atoms with Crippen molar-refractivity contribution < 1.29 is 22.7 Å². The van der Waals surface area contributed by atoms with Crippen LogP contribution in [0.4, 0.5) is 17.6 Å². The van der Waals surface area contributed by atoms with Gasteiger partial charge in [-0.05, 0) is 61.9 Å². The monoisotopic (exact) mass is 480 g/mol. The highest BCUT2D eigenvalue weighted by Crippen LogP contribution is 2.40. The van der Waals surface area contributed by atoms with Gasteiger partial charge in [-0.25, -0.2) is 9.07 Å². The first-order valence-corrected chi connectivity index (χ1v) is 10.7. The largest absolute Gasteiger partial charge is 0.419 e. The summed E-state index contributed by atoms with van der Waals surface area (Å²) in [6.07, 6.45) is -4.79. The maximum absolute atomic E-state index is 13.7. The first-order valence-electron chi connectivity index (χ1n) is 9.50. The van der Waals surface area contributed by atoms with E-state index in [2.05, 4.69) is 5.10 Å². The van der Waals surface area contributed by atoms with Crippen molar-refractivity contribution in [3.8, 4) is 26.7 Å². The fraction of sp³-hybridized carbons (Fsp3) is 0.174. The van der Waals surface area contributed by atoms with Crippen molar-refractivity contribution in [1.82, 2.24) is 9.78 Å². The summed E-state index contributed by atoms with van der Waals surface area (Å²) in [4.78, 5) is 1.23. The number of halogens is 5. The van der Waals surface area contributed by atoms with Gasteiger partial charge in [0, 0.05) is 4.88 Å². The van der Waals surface area contributed by atoms with Gasteiger partial charge in [-0.1, -0.05) is 29.8 Å². The molecule has 0 saturated carbocycles. The van der Waals surface area contributed by atoms with Crippen molar-refractivity contribution in [2.45, 2.75) is 25.6 Å². The lowest BCUT2D eigenvalue weighted by Crippen LogP contribution is -2.16. The summed E-state index contributed by atoms with van der Waals surface area (Å²) in [5.41, 5.74) is -0.666. The normalized spacial score (nSPS) is 12.4. The molecule has 1 N–H and O–H groups in total. The zero-order chi connectivity index (χ0) is 23.3. The standard InChI is InChI=1S/C23H17ClF4N2OS/c1-22(2,31)21-12-18(30(29-21)17-6-4-3-5-15(17)24)20-10-9-19(32-20)13-7-8-16(25)14(11-13)23(26,27)28/h3-12,31H,1-2H3. The number of hydrogen-bond donors (Lipinski definition) is 1. The number of aliphatic hydroxyl groups is 1. The molecule has 0 unspecified atom stereocenters. The van der Waals surface area contributed by atoms with E-state index in [1.807, 2.05) is 0 Å². The molecule has 0 radical (unpaired) electrons. The highest BCUT2D eigenvalue weighted by Gasteiger charge is 2.34. The third kappa shape index (κ3) is 4.30. The van der Waals surface area contributed by atoms with Gasteiger partial charge in [0.1, 0.15) is 11.4 Å². The molecule has 166 valence electrons. The highest BCUT2D eigenvalue weighted by molar-refractivity contribution is 7.18. The Labute approximate surface area is 190 Å². The quantitative estimate of drug-likeness (QED) is 0.311. The molecule has 2 heterocycles. The zero-order valence-corrected chi connectivity index (χ0v) is 18.5. The van der Waals surface area contributed by atoms with Crippen LogP contribution in [0.2, 0.25) is 5.02 Å². The van der Waals surface area contributed by atoms with E-state index in [4.69, 9.17) is 11.6 Å². The number of alkyl halides is 3. The average molecular weight is 481 g/mol. The van der Waals surface area contributed by atoms with Gasteiger partial charge in [0.25, 0.3) is 0 Å². The predicted octanol–water partition coefficient (Wildman–Crippen LogP) is 7.31. The van der Waals surface area contributed by atoms with Crippen LogP contribution in [0.5, 0.6) is 0 Å². The van der Waals surface area contributed by atoms with E-state index in [1.165, 1.54) is 17.4 Å². The van der Waals surface area contributed by atoms with E-state index in [1.54, 1.807) is 61.0 Å². The highest BCUT2D eigenvalue weighted by atomic mass is 35.5. The summed E-state index contributed by atoms with van der Waals surface area (Å²) in [7, 11) is 0. The van der Waals surface area contributed by atoms with Gasteiger partial charge >= 0.3 is 6.18 Å². The number of para-hydroxylation sites is 1. The molecule has 0 aliphatic carbocycles. The molecule has 0 atom stereocenters. The van der Waals surface area contributed by atoms with Crippen molar-refractivity contribution in [2.24, 2.45) is 0 Å². The minimum absolute atomic E-state index is 0.251. The number of aromatic nitrogens is 2. The van der Waals surface area contributed by atoms with Crippen molar-refractivity contribution in [3.63, 3.8) is 0 Å². The molecule has 4 aromatic rings. The number of benzene rings is 2. The van der Waals surface area contributed by atoms with Crippen LogP contribution >= 0.6 is 22.9 Å². The smallest absolute Gasteiger partial charge is 0.384 e. The Hall–Kier alpha value is -2.68. The summed E-state index contributed by atoms with van der Waals surface area (Å²) in [5.74, 6) is -1.32. The van der Waals surface area contributed by atoms with Gasteiger partial charge in [0.05, 0.1) is 32.5 Å². The molecule has 0 bridgehead atoms. The predicted molar refractivity (Wildman–Crippen MR) is 118 cm³/mol. The zero-order valence-electron chi connectivity index (χ0n) is 16.9. The van der Waals surface area contributed by atoms with Crippen molar-refractivity contribution in [1.29, 1.82) is 0 Å². The van der Waals surface area contributed by atoms with Crippen LogP contribution in [0.1, 0.15) is 25.1 Å². The number of rotatable bonds is 4. The molecule has 2 aromatic heterocycles. The lowest BCUT2D eigenvalue weighted by atomic mass is 10.1. The minimum atomic E-state index is -4.79. The molecule has 0 aliphatic rings. The second kappa shape index (κ2) is 8.03. The molecule has 0 aliphatic heterocycles. The molecule has 0 amide bonds. The second-order valence-electron chi connectivity index (χ2n) is 7.69. The van der Waals surface area contributed by atoms with Crippen molar-refractivity contribution in [2.75, 3.05) is 0 Å². The number of nitrogens with zero attached hydrogens (tertiary/aromatic N) is 2. The molecule has 0 fully saturated rings. The van der Waals surface area contributed by atoms with Crippen LogP contribution in [-0.4, -0.2) is 14.9 Å². The lowest BCUT2D eigenvalue weighted by molar-refractivity contribution is -0.139. The molecular weight excluding hydrogens is 464 g/mol. The first kappa shape index (κ1) is 22.5. The topological polar surface area (TPSA) is 38.0 Å². The fourth-order valence-corrected chi connectivity index (χ4v) is 4.41. The minimum Gasteiger partial charge on any atom is -0.384 e. The van der Waals surface area contributed by atoms with Gasteiger partial charge in [-0.2, -0.15) is 18.3 Å². The van der Waals surface area contributed by atoms with Crippen LogP contribution in [0.3, 0.4) is 0 Å². The molecule has 9 heteroatoms. The van der Waals surface area contributed by atoms with E-state index in [-0.39, 0.29) is 5.56 Å². The maximum Gasteiger partial charge on any atom is 0.419 e. The SMILES string of the molecule is CC(C)(O)c1cc(-c2ccc(-c3ccc(F)c(C(F)(F)F)c3)s2)n(-c2ccccc2Cl)n1. The third-order valence-electron chi connectivity index (χ3n) is 4.83. The molecule has 4 rings (SSSR count). The van der Waals surface area contributed by atoms with E-state index < -0.39 is 23.2 Å². The lowest BCUT2D eigenvalue weighted by Gasteiger charge is -2.13. The van der Waals surface area contributed by atoms with Gasteiger partial charge in [0.2, 0.25) is 0 Å². The van der Waals surface area contributed by atoms with Crippen molar-refractivity contribution >= 4 is 22.9 Å². The third-order valence-corrected chi connectivity index (χ3v) is 6.31. The van der Waals surface area contributed by atoms with E-state index in [0.717, 1.165) is 12.1 Å². The number of thiophene rings is 1. The Morgan fingerprint density at radius 3 is 2.31 bits per heavy atom. The average Bonchev–Trinajstić information content (AvgIpc) is 3.35. The Morgan fingerprint density at radius 2 is 1.66 bits per heavy atom. The van der Waals surface area contributed by atoms with Crippen LogP contribution < -0.4 is 0 Å². The molecule has 0 spiro atoms. The van der Waals surface area contributed by atoms with E-state index in [9.17, 15) is 22.7 Å². The summed E-state index contributed by atoms with van der Waals surface area (Å²) in [6.45, 7) is 3.21. The van der Waals surface area contributed by atoms with Gasteiger partial charge in [-0.3, -0.25) is 0 Å². The summed E-state index contributed by atoms with van der Waals surface area (Å²) in [5, 5.41) is 15.4. The summed E-state index contributed by atoms with van der Waals surface area (Å²) in [6, 6.07) is 15.1. The van der Waals surface area contributed by atoms with E-state index >= 15 is 0 Å². The van der Waals surface area contributed by atoms with Gasteiger partial charge in [0.15, 0.2) is 0 Å². The maximum atomic E-state index is 13.7. The van der Waals surface area contributed by atoms with Crippen LogP contribution in [0, 0.1) is 5.82 Å². The van der Waals surface area contributed by atoms with Crippen molar-refractivity contribution in [3.05, 3.63) is 82.8 Å². The van der Waals surface area contributed by atoms with Crippen LogP contribution in [-0.2, 0) is 11.8 Å². The Bertz CT molecular complexity index is 1290. The molecule has 32 heavy (non-hydrogen) atoms. The fourth-order valence-electron chi connectivity index (χ4n) is 3.19. The Balaban J connectivity index is 1.83. The van der Waals surface area contributed by atoms with Crippen LogP contribution in [0.25, 0.3) is 26.7 Å². The van der Waals surface area contributed by atoms with Gasteiger partial charge in [-0.15, -0.1) is 11.3 Å². The number of hydrogen-bond acceptors (Lipinski definition) is 3. The van der Waals surface area contributed by atoms with Gasteiger partial charge < -0.3 is 5.11 Å². The first-order chi connectivity index (χ1) is 14.9. The molecule has 3 nitrogen and oxygen atoms in total. The summed E-state index contributed by atoms with van der Waals surface area (Å²) < 4.78 is 54.6. The van der Waals surface area contributed by atoms with E-state index in [0.29, 0.717) is 31.9 Å².